The molecule has 2 unspecified atom stereocenters. The summed E-state index contributed by atoms with van der Waals surface area (Å²) >= 11 is 0. The fraction of sp³-hybridized carbons (Fsp3) is 0.0408. The number of furan rings is 2. The van der Waals surface area contributed by atoms with Gasteiger partial charge in [-0.2, -0.15) is 0 Å². The van der Waals surface area contributed by atoms with E-state index in [1.165, 1.54) is 11.3 Å². The summed E-state index contributed by atoms with van der Waals surface area (Å²) in [5.41, 5.74) is 14.8. The number of fused-ring (bicyclic) bond motifs is 14. The van der Waals surface area contributed by atoms with E-state index in [1.807, 2.05) is 6.07 Å². The Labute approximate surface area is 314 Å². The second kappa shape index (κ2) is 10.6. The number of nitrogens with zero attached hydrogens (tertiary/aromatic N) is 4. The number of benzene rings is 7. The molecule has 0 saturated heterocycles. The van der Waals surface area contributed by atoms with E-state index in [0.29, 0.717) is 5.92 Å². The summed E-state index contributed by atoms with van der Waals surface area (Å²) in [5.74, 6) is 1.21. The number of imidazole rings is 2. The van der Waals surface area contributed by atoms with Crippen LogP contribution >= 0.6 is 0 Å². The molecule has 7 aromatic carbocycles. The molecule has 6 nitrogen and oxygen atoms in total. The number of para-hydroxylation sites is 5. The van der Waals surface area contributed by atoms with Crippen molar-refractivity contribution in [3.63, 3.8) is 0 Å². The van der Waals surface area contributed by atoms with Crippen LogP contribution in [0.4, 0.5) is 11.4 Å². The quantitative estimate of drug-likeness (QED) is 0.184. The van der Waals surface area contributed by atoms with Gasteiger partial charge in [-0.1, -0.05) is 85.0 Å². The van der Waals surface area contributed by atoms with E-state index in [9.17, 15) is 0 Å². The Balaban J connectivity index is 0.982. The minimum absolute atomic E-state index is 0.239. The number of anilines is 2. The highest BCUT2D eigenvalue weighted by molar-refractivity contribution is 6.12. The zero-order valence-electron chi connectivity index (χ0n) is 29.4. The highest BCUT2D eigenvalue weighted by Crippen LogP contribution is 2.48. The van der Waals surface area contributed by atoms with Gasteiger partial charge in [-0.15, -0.1) is 0 Å². The van der Waals surface area contributed by atoms with Crippen molar-refractivity contribution in [3.8, 4) is 16.8 Å². The molecule has 2 aliphatic rings. The largest absolute Gasteiger partial charge is 0.456 e. The molecule has 0 amide bonds. The average Bonchev–Trinajstić information content (AvgIpc) is 4.04. The first-order valence-corrected chi connectivity index (χ1v) is 18.8. The molecule has 0 radical (unpaired) electrons. The van der Waals surface area contributed by atoms with Crippen LogP contribution in [0.1, 0.15) is 11.5 Å². The predicted octanol–water partition coefficient (Wildman–Crippen LogP) is 12.6. The van der Waals surface area contributed by atoms with Gasteiger partial charge in [0.2, 0.25) is 5.78 Å². The maximum absolute atomic E-state index is 6.54. The highest BCUT2D eigenvalue weighted by Gasteiger charge is 2.37. The Kier molecular flexibility index (Phi) is 5.65. The monoisotopic (exact) mass is 706 g/mol. The smallest absolute Gasteiger partial charge is 0.220 e. The third-order valence-electron chi connectivity index (χ3n) is 11.8. The molecule has 0 saturated carbocycles. The van der Waals surface area contributed by atoms with Crippen molar-refractivity contribution in [2.45, 2.75) is 12.0 Å². The van der Waals surface area contributed by atoms with Gasteiger partial charge in [-0.05, 0) is 102 Å². The Morgan fingerprint density at radius 2 is 1.18 bits per heavy atom. The third kappa shape index (κ3) is 3.95. The van der Waals surface area contributed by atoms with Crippen molar-refractivity contribution in [1.82, 2.24) is 14.0 Å². The number of allylic oxidation sites excluding steroid dienone is 2. The van der Waals surface area contributed by atoms with Crippen molar-refractivity contribution in [2.75, 3.05) is 4.90 Å². The molecular weight excluding hydrogens is 677 g/mol. The first-order chi connectivity index (χ1) is 27.3. The SMILES string of the molecule is C1=CC2c3ccccc3N(c3ccc4oc5ccc(-c6ccc7oc8cccc(-n9c%10ccccc%10n%10c%11ccccc%11nc9%10)c8c7c6)cc5c4c3)C2C=C1. The molecule has 0 bridgehead atoms. The summed E-state index contributed by atoms with van der Waals surface area (Å²) in [4.78, 5) is 7.63. The van der Waals surface area contributed by atoms with Crippen LogP contribution in [0, 0.1) is 0 Å². The first kappa shape index (κ1) is 29.2. The normalized spacial score (nSPS) is 16.5. The number of hydrogen-bond donors (Lipinski definition) is 0. The summed E-state index contributed by atoms with van der Waals surface area (Å²) in [6.07, 6.45) is 8.98. The zero-order chi connectivity index (χ0) is 35.8. The van der Waals surface area contributed by atoms with Crippen molar-refractivity contribution >= 4 is 83.1 Å². The summed E-state index contributed by atoms with van der Waals surface area (Å²) in [7, 11) is 0. The summed E-state index contributed by atoms with van der Waals surface area (Å²) in [5, 5.41) is 4.33. The molecule has 55 heavy (non-hydrogen) atoms. The molecule has 1 aliphatic carbocycles. The molecule has 0 N–H and O–H groups in total. The highest BCUT2D eigenvalue weighted by atomic mass is 16.3. The molecule has 0 spiro atoms. The predicted molar refractivity (Wildman–Crippen MR) is 223 cm³/mol. The summed E-state index contributed by atoms with van der Waals surface area (Å²) in [6, 6.07) is 51.9. The fourth-order valence-corrected chi connectivity index (χ4v) is 9.45. The Morgan fingerprint density at radius 1 is 0.509 bits per heavy atom. The number of rotatable bonds is 3. The molecule has 258 valence electrons. The lowest BCUT2D eigenvalue weighted by Gasteiger charge is -2.28. The fourth-order valence-electron chi connectivity index (χ4n) is 9.45. The van der Waals surface area contributed by atoms with Crippen LogP contribution in [-0.2, 0) is 0 Å². The molecule has 11 aromatic rings. The molecule has 13 rings (SSSR count). The van der Waals surface area contributed by atoms with Gasteiger partial charge < -0.3 is 13.7 Å². The molecular formula is C49H30N4O2. The molecule has 6 heteroatoms. The van der Waals surface area contributed by atoms with Gasteiger partial charge in [-0.3, -0.25) is 8.97 Å². The average molecular weight is 707 g/mol. The number of aromatic nitrogens is 3. The molecule has 5 heterocycles. The maximum atomic E-state index is 6.54. The lowest BCUT2D eigenvalue weighted by atomic mass is 9.91. The van der Waals surface area contributed by atoms with Crippen LogP contribution in [-0.4, -0.2) is 20.0 Å². The van der Waals surface area contributed by atoms with Crippen molar-refractivity contribution < 1.29 is 8.83 Å². The van der Waals surface area contributed by atoms with E-state index in [2.05, 4.69) is 178 Å². The standard InChI is InChI=1S/C49H30N4O2/c1-4-13-38-32(10-1)33-11-2-5-14-39(33)51(38)31-22-25-45-35(28-31)34-26-29(20-23-44(34)54-45)30-21-24-46-36(27-30)48-43(18-9-19-47(48)55-46)53-42-17-8-7-16-41(42)52-40-15-6-3-12-37(40)50-49(52)53/h1-28,32,38H. The van der Waals surface area contributed by atoms with Crippen LogP contribution in [0.2, 0.25) is 0 Å². The minimum atomic E-state index is 0.239. The van der Waals surface area contributed by atoms with E-state index in [1.54, 1.807) is 0 Å². The van der Waals surface area contributed by atoms with Crippen LogP contribution in [0.3, 0.4) is 0 Å². The van der Waals surface area contributed by atoms with E-state index < -0.39 is 0 Å². The summed E-state index contributed by atoms with van der Waals surface area (Å²) in [6.45, 7) is 0. The van der Waals surface area contributed by atoms with E-state index in [4.69, 9.17) is 13.8 Å². The maximum Gasteiger partial charge on any atom is 0.220 e. The zero-order valence-corrected chi connectivity index (χ0v) is 29.4. The van der Waals surface area contributed by atoms with Gasteiger partial charge in [-0.25, -0.2) is 4.98 Å². The molecule has 2 atom stereocenters. The Morgan fingerprint density at radius 3 is 2.07 bits per heavy atom. The van der Waals surface area contributed by atoms with E-state index >= 15 is 0 Å². The summed E-state index contributed by atoms with van der Waals surface area (Å²) < 4.78 is 17.5. The minimum Gasteiger partial charge on any atom is -0.456 e. The van der Waals surface area contributed by atoms with Crippen molar-refractivity contribution in [1.29, 1.82) is 0 Å². The second-order valence-corrected chi connectivity index (χ2v) is 14.7. The molecule has 1 aliphatic heterocycles. The van der Waals surface area contributed by atoms with Crippen molar-refractivity contribution in [2.24, 2.45) is 0 Å². The lowest BCUT2D eigenvalue weighted by Crippen LogP contribution is -2.28. The van der Waals surface area contributed by atoms with Crippen LogP contribution < -0.4 is 4.90 Å². The third-order valence-corrected chi connectivity index (χ3v) is 11.8. The van der Waals surface area contributed by atoms with Gasteiger partial charge in [0, 0.05) is 33.5 Å². The topological polar surface area (TPSA) is 51.8 Å². The van der Waals surface area contributed by atoms with Crippen LogP contribution in [0.15, 0.2) is 179 Å². The van der Waals surface area contributed by atoms with Crippen molar-refractivity contribution in [3.05, 3.63) is 175 Å². The van der Waals surface area contributed by atoms with Gasteiger partial charge >= 0.3 is 0 Å². The van der Waals surface area contributed by atoms with Gasteiger partial charge in [0.05, 0.1) is 39.2 Å². The van der Waals surface area contributed by atoms with Gasteiger partial charge in [0.25, 0.3) is 0 Å². The van der Waals surface area contributed by atoms with Crippen LogP contribution in [0.25, 0.3) is 88.5 Å². The second-order valence-electron chi connectivity index (χ2n) is 14.7. The van der Waals surface area contributed by atoms with E-state index in [0.717, 1.165) is 94.2 Å². The van der Waals surface area contributed by atoms with E-state index in [-0.39, 0.29) is 6.04 Å². The van der Waals surface area contributed by atoms with Gasteiger partial charge in [0.15, 0.2) is 0 Å². The van der Waals surface area contributed by atoms with Crippen LogP contribution in [0.5, 0.6) is 0 Å². The molecule has 4 aromatic heterocycles. The Bertz CT molecular complexity index is 3480. The first-order valence-electron chi connectivity index (χ1n) is 18.8. The molecule has 0 fully saturated rings. The lowest BCUT2D eigenvalue weighted by molar-refractivity contribution is 0.668. The number of hydrogen-bond acceptors (Lipinski definition) is 4. The van der Waals surface area contributed by atoms with Gasteiger partial charge in [0.1, 0.15) is 22.3 Å². The Hall–Kier alpha value is -7.31.